The van der Waals surface area contributed by atoms with E-state index in [2.05, 4.69) is 46.2 Å². The summed E-state index contributed by atoms with van der Waals surface area (Å²) in [7, 11) is -11.6. The quantitative estimate of drug-likeness (QED) is 0.0612. The van der Waals surface area contributed by atoms with Crippen molar-refractivity contribution in [3.8, 4) is 0 Å². The van der Waals surface area contributed by atoms with E-state index in [0.717, 1.165) is 44.3 Å². The summed E-state index contributed by atoms with van der Waals surface area (Å²) in [5, 5.41) is 0. The molecule has 0 aliphatic carbocycles. The summed E-state index contributed by atoms with van der Waals surface area (Å²) in [6.45, 7) is 1.75. The van der Waals surface area contributed by atoms with Crippen molar-refractivity contribution in [2.24, 2.45) is 20.0 Å². The Kier molecular flexibility index (Phi) is 14.2. The van der Waals surface area contributed by atoms with Gasteiger partial charge in [-0.1, -0.05) is 42.8 Å². The van der Waals surface area contributed by atoms with Crippen molar-refractivity contribution in [2.45, 2.75) is 46.9 Å². The van der Waals surface area contributed by atoms with E-state index in [4.69, 9.17) is 20.0 Å². The standard InChI is InChI=1S/C60H49N7O9S3/c1-65-34-26-40(27-35-65)41-28-36-66(37-29-41)32-4-2-3-5-33-67-38-30-45(31-39-67)60-55-24-22-53(63-55)58(43-8-14-47(15-9-43)78(71,72)73)51-20-18-49(61-51)57(42-6-12-46(13-7-42)77(68,69)70)50-19-21-52(62-50)59(54-23-25-56(60)64-54)44-10-16-48(17-11-44)79(74,75)76/h6-31,34-39H,2-5,32-33H2,1H3,(H2-,68,69,70,71,72,73,74,75,76)/p+1. The van der Waals surface area contributed by atoms with Gasteiger partial charge in [0.05, 0.1) is 60.3 Å². The first-order valence-corrected chi connectivity index (χ1v) is 29.5. The first-order valence-electron chi connectivity index (χ1n) is 25.2. The minimum absolute atomic E-state index is 0.297. The highest BCUT2D eigenvalue weighted by Crippen LogP contribution is 2.39. The lowest BCUT2D eigenvalue weighted by atomic mass is 9.98. The first kappa shape index (κ1) is 52.5. The molecule has 8 bridgehead atoms. The predicted molar refractivity (Wildman–Crippen MR) is 306 cm³/mol. The van der Waals surface area contributed by atoms with Gasteiger partial charge in [0.2, 0.25) is 0 Å². The molecule has 0 saturated carbocycles. The molecule has 8 heterocycles. The smallest absolute Gasteiger partial charge is 0.294 e. The number of aromatic nitrogens is 1. The Morgan fingerprint density at radius 1 is 0.392 bits per heavy atom. The second-order valence-electron chi connectivity index (χ2n) is 19.2. The van der Waals surface area contributed by atoms with E-state index in [1.165, 1.54) is 59.7 Å². The van der Waals surface area contributed by atoms with Crippen LogP contribution in [0, 0.1) is 0 Å². The highest BCUT2D eigenvalue weighted by molar-refractivity contribution is 7.86. The summed E-state index contributed by atoms with van der Waals surface area (Å²) in [6.07, 6.45) is 39.7. The molecule has 0 saturated heterocycles. The highest BCUT2D eigenvalue weighted by atomic mass is 32.2. The average molecular weight is 1110 g/mol. The molecule has 7 aliphatic rings. The summed E-state index contributed by atoms with van der Waals surface area (Å²) >= 11 is 0. The van der Waals surface area contributed by atoms with E-state index in [-0.39, 0.29) is 14.7 Å². The second kappa shape index (κ2) is 21.3. The van der Waals surface area contributed by atoms with E-state index >= 15 is 0 Å². The van der Waals surface area contributed by atoms with Crippen LogP contribution in [-0.2, 0) is 36.9 Å². The normalized spacial score (nSPS) is 17.8. The molecule has 19 heteroatoms. The lowest BCUT2D eigenvalue weighted by molar-refractivity contribution is -0.697. The zero-order valence-electron chi connectivity index (χ0n) is 42.4. The summed E-state index contributed by atoms with van der Waals surface area (Å²) in [4.78, 5) is 24.1. The van der Waals surface area contributed by atoms with E-state index < -0.39 is 30.4 Å². The molecule has 0 fully saturated rings. The second-order valence-corrected chi connectivity index (χ2v) is 23.4. The lowest BCUT2D eigenvalue weighted by Crippen LogP contribution is -2.32. The molecule has 0 spiro atoms. The Hall–Kier alpha value is -8.56. The number of aliphatic imine (C=N–C) groups is 4. The fraction of sp³-hybridized carbons (Fsp3) is 0.117. The van der Waals surface area contributed by atoms with Crippen molar-refractivity contribution in [2.75, 3.05) is 13.6 Å². The number of rotatable bonds is 14. The van der Waals surface area contributed by atoms with Crippen LogP contribution in [0.5, 0.6) is 0 Å². The third kappa shape index (κ3) is 11.4. The van der Waals surface area contributed by atoms with Crippen LogP contribution in [0.4, 0.5) is 0 Å². The van der Waals surface area contributed by atoms with Gasteiger partial charge in [0, 0.05) is 79.2 Å². The maximum absolute atomic E-state index is 12.2. The molecular weight excluding hydrogens is 1060 g/mol. The van der Waals surface area contributed by atoms with Gasteiger partial charge in [0.15, 0.2) is 12.4 Å². The molecule has 0 atom stereocenters. The third-order valence-electron chi connectivity index (χ3n) is 13.9. The number of allylic oxidation sites excluding steroid dienone is 18. The highest BCUT2D eigenvalue weighted by Gasteiger charge is 2.29. The molecule has 79 heavy (non-hydrogen) atoms. The topological polar surface area (TPSA) is 223 Å². The molecule has 3 aromatic carbocycles. The number of hydrogen-bond donors (Lipinski definition) is 3. The van der Waals surface area contributed by atoms with Crippen LogP contribution < -0.4 is 4.57 Å². The van der Waals surface area contributed by atoms with Crippen LogP contribution in [0.15, 0.2) is 264 Å². The Labute approximate surface area is 458 Å². The number of pyridine rings is 1. The van der Waals surface area contributed by atoms with Gasteiger partial charge in [0.25, 0.3) is 30.4 Å². The SMILES string of the molecule is CN1C=CC(=C2C=CN(CCCCCC[n+]3ccc(C4=C5C=CC(=N5)C(c5ccc(S(=O)(=O)O)cc5)=C5C=CC(=N5)C(c5ccc(S(=O)(=O)O)cc5)=C5C=CC(=N5)C(c5ccc(S(=O)(=O)O)cc5)=C5C=CC4=N5)cc3)C=C2)C=C1. The number of benzene rings is 3. The van der Waals surface area contributed by atoms with Crippen molar-refractivity contribution >= 4 is 75.5 Å². The van der Waals surface area contributed by atoms with Gasteiger partial charge in [-0.15, -0.1) is 0 Å². The average Bonchev–Trinajstić information content (AvgIpc) is 4.33. The van der Waals surface area contributed by atoms with Crippen molar-refractivity contribution < 1.29 is 43.5 Å². The number of fused-ring (bicyclic) bond motifs is 4. The van der Waals surface area contributed by atoms with Gasteiger partial charge in [-0.3, -0.25) is 13.7 Å². The maximum atomic E-state index is 12.2. The summed E-state index contributed by atoms with van der Waals surface area (Å²) in [6, 6.07) is 21.1. The number of unbranched alkanes of at least 4 members (excludes halogenated alkanes) is 3. The van der Waals surface area contributed by atoms with Crippen LogP contribution >= 0.6 is 0 Å². The monoisotopic (exact) mass is 1110 g/mol. The zero-order chi connectivity index (χ0) is 55.1. The minimum Gasteiger partial charge on any atom is -0.357 e. The van der Waals surface area contributed by atoms with E-state index in [1.54, 1.807) is 48.6 Å². The Balaban J connectivity index is 0.963. The molecule has 3 N–H and O–H groups in total. The van der Waals surface area contributed by atoms with Crippen LogP contribution in [-0.4, -0.2) is 85.2 Å². The van der Waals surface area contributed by atoms with Gasteiger partial charge in [-0.05, 0) is 156 Å². The molecule has 11 rings (SSSR count). The molecule has 0 radical (unpaired) electrons. The molecule has 16 nitrogen and oxygen atoms in total. The van der Waals surface area contributed by atoms with Crippen molar-refractivity contribution in [1.82, 2.24) is 9.80 Å². The largest absolute Gasteiger partial charge is 0.357 e. The molecule has 1 aromatic heterocycles. The van der Waals surface area contributed by atoms with Crippen LogP contribution in [0.1, 0.15) is 47.9 Å². The van der Waals surface area contributed by atoms with E-state index in [0.29, 0.717) is 84.6 Å². The molecule has 0 amide bonds. The van der Waals surface area contributed by atoms with Crippen LogP contribution in [0.2, 0.25) is 0 Å². The summed E-state index contributed by atoms with van der Waals surface area (Å²) in [5.41, 5.74) is 10.8. The number of nitrogens with zero attached hydrogens (tertiary/aromatic N) is 7. The zero-order valence-corrected chi connectivity index (χ0v) is 44.8. The molecule has 4 aromatic rings. The van der Waals surface area contributed by atoms with E-state index in [9.17, 15) is 38.9 Å². The fourth-order valence-electron chi connectivity index (χ4n) is 9.86. The van der Waals surface area contributed by atoms with Gasteiger partial charge in [0.1, 0.15) is 6.54 Å². The Bertz CT molecular complexity index is 4060. The number of hydrogen-bond acceptors (Lipinski definition) is 12. The summed E-state index contributed by atoms with van der Waals surface area (Å²) in [5.74, 6) is 0. The molecule has 7 aliphatic heterocycles. The molecular formula is C60H50N7O9S3+. The van der Waals surface area contributed by atoms with Crippen LogP contribution in [0.3, 0.4) is 0 Å². The molecule has 396 valence electrons. The number of aryl methyl sites for hydroxylation is 1. The lowest BCUT2D eigenvalue weighted by Gasteiger charge is -2.20. The van der Waals surface area contributed by atoms with Gasteiger partial charge < -0.3 is 9.80 Å². The predicted octanol–water partition coefficient (Wildman–Crippen LogP) is 9.89. The Morgan fingerprint density at radius 2 is 0.709 bits per heavy atom. The fourth-order valence-corrected chi connectivity index (χ4v) is 11.3. The Morgan fingerprint density at radius 3 is 1.05 bits per heavy atom. The van der Waals surface area contributed by atoms with Crippen molar-refractivity contribution in [3.05, 3.63) is 251 Å². The van der Waals surface area contributed by atoms with Gasteiger partial charge in [-0.2, -0.15) is 25.3 Å². The van der Waals surface area contributed by atoms with Crippen molar-refractivity contribution in [3.63, 3.8) is 0 Å². The first-order chi connectivity index (χ1) is 37.9. The van der Waals surface area contributed by atoms with Crippen molar-refractivity contribution in [1.29, 1.82) is 0 Å². The minimum atomic E-state index is -4.54. The van der Waals surface area contributed by atoms with E-state index in [1.807, 2.05) is 73.2 Å². The van der Waals surface area contributed by atoms with Gasteiger partial charge >= 0.3 is 0 Å². The summed E-state index contributed by atoms with van der Waals surface area (Å²) < 4.78 is 105. The molecule has 0 unspecified atom stereocenters. The third-order valence-corrected chi connectivity index (χ3v) is 16.5. The van der Waals surface area contributed by atoms with Crippen LogP contribution in [0.25, 0.3) is 22.3 Å². The van der Waals surface area contributed by atoms with Gasteiger partial charge in [-0.25, -0.2) is 24.5 Å². The maximum Gasteiger partial charge on any atom is 0.294 e.